The first-order valence-electron chi connectivity index (χ1n) is 10.4. The number of benzene rings is 1. The number of nitrogens with zero attached hydrogens (tertiary/aromatic N) is 2. The van der Waals surface area contributed by atoms with Crippen LogP contribution in [0.1, 0.15) is 39.0 Å². The predicted molar refractivity (Wildman–Crippen MR) is 116 cm³/mol. The summed E-state index contributed by atoms with van der Waals surface area (Å²) in [7, 11) is 0. The van der Waals surface area contributed by atoms with Crippen LogP contribution in [0.5, 0.6) is 0 Å². The zero-order chi connectivity index (χ0) is 20.7. The summed E-state index contributed by atoms with van der Waals surface area (Å²) in [5.74, 6) is 0.00563. The Bertz CT molecular complexity index is 1130. The quantitative estimate of drug-likeness (QED) is 0.628. The van der Waals surface area contributed by atoms with Gasteiger partial charge >= 0.3 is 0 Å². The van der Waals surface area contributed by atoms with Gasteiger partial charge in [-0.2, -0.15) is 0 Å². The van der Waals surface area contributed by atoms with Crippen molar-refractivity contribution >= 4 is 28.2 Å². The number of carbonyl (C=O) groups excluding carboxylic acids is 1. The average Bonchev–Trinajstić information content (AvgIpc) is 3.37. The van der Waals surface area contributed by atoms with Gasteiger partial charge in [0.2, 0.25) is 5.76 Å². The number of hydrogen-bond acceptors (Lipinski definition) is 6. The molecule has 6 nitrogen and oxygen atoms in total. The summed E-state index contributed by atoms with van der Waals surface area (Å²) < 4.78 is 11.4. The number of fused-ring (bicyclic) bond motifs is 2. The molecule has 1 fully saturated rings. The van der Waals surface area contributed by atoms with Gasteiger partial charge < -0.3 is 14.1 Å². The number of aryl methyl sites for hydroxylation is 1. The Morgan fingerprint density at radius 3 is 2.73 bits per heavy atom. The number of hydrogen-bond donors (Lipinski definition) is 0. The molecule has 1 saturated heterocycles. The van der Waals surface area contributed by atoms with Crippen LogP contribution in [0.25, 0.3) is 11.0 Å². The second kappa shape index (κ2) is 7.98. The minimum absolute atomic E-state index is 0.0996. The fourth-order valence-electron chi connectivity index (χ4n) is 4.40. The van der Waals surface area contributed by atoms with Crippen LogP contribution >= 0.6 is 11.3 Å². The fraction of sp³-hybridized carbons (Fsp3) is 0.391. The first-order chi connectivity index (χ1) is 14.6. The van der Waals surface area contributed by atoms with Gasteiger partial charge in [0.05, 0.1) is 30.2 Å². The second-order valence-corrected chi connectivity index (χ2v) is 8.88. The van der Waals surface area contributed by atoms with E-state index in [0.29, 0.717) is 23.1 Å². The zero-order valence-corrected chi connectivity index (χ0v) is 17.7. The summed E-state index contributed by atoms with van der Waals surface area (Å²) in [6.07, 6.45) is 0.842. The smallest absolute Gasteiger partial charge is 0.290 e. The molecule has 156 valence electrons. The van der Waals surface area contributed by atoms with Gasteiger partial charge in [0.15, 0.2) is 5.43 Å². The van der Waals surface area contributed by atoms with Gasteiger partial charge in [0, 0.05) is 31.1 Å². The highest BCUT2D eigenvalue weighted by molar-refractivity contribution is 7.10. The maximum Gasteiger partial charge on any atom is 0.290 e. The molecule has 0 aliphatic carbocycles. The molecule has 0 N–H and O–H groups in total. The van der Waals surface area contributed by atoms with E-state index in [1.807, 2.05) is 41.5 Å². The van der Waals surface area contributed by atoms with Crippen LogP contribution in [0.15, 0.2) is 44.9 Å². The second-order valence-electron chi connectivity index (χ2n) is 7.90. The number of rotatable bonds is 5. The lowest BCUT2D eigenvalue weighted by Gasteiger charge is -2.28. The highest BCUT2D eigenvalue weighted by atomic mass is 32.1. The Morgan fingerprint density at radius 2 is 1.97 bits per heavy atom. The molecule has 0 radical (unpaired) electrons. The van der Waals surface area contributed by atoms with Crippen LogP contribution in [0, 0.1) is 6.92 Å². The van der Waals surface area contributed by atoms with E-state index in [1.54, 1.807) is 17.4 Å². The van der Waals surface area contributed by atoms with E-state index in [4.69, 9.17) is 9.15 Å². The molecule has 5 rings (SSSR count). The Kier molecular flexibility index (Phi) is 5.18. The van der Waals surface area contributed by atoms with Crippen molar-refractivity contribution in [3.05, 3.63) is 67.7 Å². The van der Waals surface area contributed by atoms with E-state index in [2.05, 4.69) is 4.90 Å². The molecular formula is C23H24N2O4S. The molecule has 7 heteroatoms. The van der Waals surface area contributed by atoms with Crippen LogP contribution in [-0.4, -0.2) is 55.1 Å². The molecule has 1 unspecified atom stereocenters. The van der Waals surface area contributed by atoms with E-state index in [1.165, 1.54) is 0 Å². The molecular weight excluding hydrogens is 400 g/mol. The lowest BCUT2D eigenvalue weighted by atomic mass is 10.0. The summed E-state index contributed by atoms with van der Waals surface area (Å²) in [6.45, 7) is 6.81. The third-order valence-corrected chi connectivity index (χ3v) is 6.84. The Balaban J connectivity index is 1.50. The Morgan fingerprint density at radius 1 is 1.13 bits per heavy atom. The minimum atomic E-state index is -0.377. The molecule has 3 aromatic rings. The molecule has 1 atom stereocenters. The zero-order valence-electron chi connectivity index (χ0n) is 16.9. The van der Waals surface area contributed by atoms with Crippen LogP contribution in [0.2, 0.25) is 0 Å². The molecule has 30 heavy (non-hydrogen) atoms. The van der Waals surface area contributed by atoms with Crippen molar-refractivity contribution in [2.75, 3.05) is 39.4 Å². The highest BCUT2D eigenvalue weighted by Gasteiger charge is 2.42. The lowest BCUT2D eigenvalue weighted by Crippen LogP contribution is -2.38. The van der Waals surface area contributed by atoms with Crippen LogP contribution in [0.4, 0.5) is 0 Å². The van der Waals surface area contributed by atoms with Crippen LogP contribution in [0.3, 0.4) is 0 Å². The standard InChI is InChI=1S/C23H24N2O4S/c1-15-5-6-17-16(14-15)21(26)19-20(18-4-2-13-30-18)25(23(27)22(19)29-17)8-3-7-24-9-11-28-12-10-24/h2,4-6,13-14,20H,3,7-12H2,1H3. The first kappa shape index (κ1) is 19.5. The van der Waals surface area contributed by atoms with Crippen molar-refractivity contribution in [2.45, 2.75) is 19.4 Å². The summed E-state index contributed by atoms with van der Waals surface area (Å²) in [6, 6.07) is 9.10. The SMILES string of the molecule is Cc1ccc2oc3c(c(=O)c2c1)C(c1cccs1)N(CCCN1CCOCC1)C3=O. The number of carbonyl (C=O) groups is 1. The molecule has 2 aliphatic heterocycles. The lowest BCUT2D eigenvalue weighted by molar-refractivity contribution is 0.0354. The van der Waals surface area contributed by atoms with Crippen molar-refractivity contribution in [1.29, 1.82) is 0 Å². The van der Waals surface area contributed by atoms with E-state index < -0.39 is 0 Å². The van der Waals surface area contributed by atoms with E-state index in [-0.39, 0.29) is 23.1 Å². The molecule has 0 spiro atoms. The average molecular weight is 425 g/mol. The van der Waals surface area contributed by atoms with Gasteiger partial charge in [-0.05, 0) is 36.9 Å². The Hall–Kier alpha value is -2.48. The number of thiophene rings is 1. The maximum atomic E-state index is 13.4. The van der Waals surface area contributed by atoms with E-state index >= 15 is 0 Å². The van der Waals surface area contributed by atoms with E-state index in [9.17, 15) is 9.59 Å². The van der Waals surface area contributed by atoms with Crippen molar-refractivity contribution in [3.63, 3.8) is 0 Å². The predicted octanol–water partition coefficient (Wildman–Crippen LogP) is 3.43. The fourth-order valence-corrected chi connectivity index (χ4v) is 5.24. The molecule has 0 saturated carbocycles. The van der Waals surface area contributed by atoms with E-state index in [0.717, 1.165) is 49.7 Å². The van der Waals surface area contributed by atoms with Crippen molar-refractivity contribution in [3.8, 4) is 0 Å². The van der Waals surface area contributed by atoms with Gasteiger partial charge in [0.1, 0.15) is 5.58 Å². The largest absolute Gasteiger partial charge is 0.450 e. The maximum absolute atomic E-state index is 13.4. The number of morpholine rings is 1. The monoisotopic (exact) mass is 424 g/mol. The van der Waals surface area contributed by atoms with Crippen molar-refractivity contribution < 1.29 is 13.9 Å². The van der Waals surface area contributed by atoms with Gasteiger partial charge in [-0.3, -0.25) is 14.5 Å². The molecule has 1 amide bonds. The number of ether oxygens (including phenoxy) is 1. The molecule has 2 aliphatic rings. The molecule has 4 heterocycles. The first-order valence-corrected chi connectivity index (χ1v) is 11.2. The van der Waals surface area contributed by atoms with Crippen LogP contribution in [-0.2, 0) is 4.74 Å². The summed E-state index contributed by atoms with van der Waals surface area (Å²) in [5, 5.41) is 2.52. The minimum Gasteiger partial charge on any atom is -0.450 e. The van der Waals surface area contributed by atoms with Crippen molar-refractivity contribution in [1.82, 2.24) is 9.80 Å². The van der Waals surface area contributed by atoms with Crippen LogP contribution < -0.4 is 5.43 Å². The van der Waals surface area contributed by atoms with Gasteiger partial charge in [-0.1, -0.05) is 17.7 Å². The Labute approximate surface area is 178 Å². The molecule has 0 bridgehead atoms. The van der Waals surface area contributed by atoms with Gasteiger partial charge in [-0.15, -0.1) is 11.3 Å². The van der Waals surface area contributed by atoms with Crippen molar-refractivity contribution in [2.24, 2.45) is 0 Å². The van der Waals surface area contributed by atoms with Gasteiger partial charge in [-0.25, -0.2) is 0 Å². The summed E-state index contributed by atoms with van der Waals surface area (Å²) >= 11 is 1.57. The summed E-state index contributed by atoms with van der Waals surface area (Å²) in [4.78, 5) is 31.9. The topological polar surface area (TPSA) is 63.0 Å². The highest BCUT2D eigenvalue weighted by Crippen LogP contribution is 2.39. The third-order valence-electron chi connectivity index (χ3n) is 5.91. The summed E-state index contributed by atoms with van der Waals surface area (Å²) in [5.41, 5.74) is 1.84. The molecule has 2 aromatic heterocycles. The normalized spacial score (nSPS) is 19.6. The molecule has 1 aromatic carbocycles. The third kappa shape index (κ3) is 3.37. The van der Waals surface area contributed by atoms with Gasteiger partial charge in [0.25, 0.3) is 5.91 Å². The number of amides is 1.